The zero-order valence-corrected chi connectivity index (χ0v) is 23.0. The number of ether oxygens (including phenoxy) is 1. The number of carboxylic acid groups (broad SMARTS) is 1. The minimum Gasteiger partial charge on any atom is -0.487 e. The second-order valence-electron chi connectivity index (χ2n) is 10.9. The summed E-state index contributed by atoms with van der Waals surface area (Å²) in [5.41, 5.74) is 0.848. The van der Waals surface area contributed by atoms with Gasteiger partial charge in [-0.1, -0.05) is 35.9 Å². The van der Waals surface area contributed by atoms with Crippen LogP contribution in [0.3, 0.4) is 0 Å². The molecule has 0 aromatic heterocycles. The number of halogens is 1. The van der Waals surface area contributed by atoms with Gasteiger partial charge in [-0.15, -0.1) is 0 Å². The maximum absolute atomic E-state index is 13.3. The number of hydrogen-bond acceptors (Lipinski definition) is 5. The fourth-order valence-electron chi connectivity index (χ4n) is 5.57. The minimum absolute atomic E-state index is 0.116. The number of benzene rings is 2. The lowest BCUT2D eigenvalue weighted by Crippen LogP contribution is -2.43. The van der Waals surface area contributed by atoms with Crippen LogP contribution < -0.4 is 9.64 Å². The van der Waals surface area contributed by atoms with E-state index in [0.717, 1.165) is 75.7 Å². The number of amides is 1. The molecule has 39 heavy (non-hydrogen) atoms. The van der Waals surface area contributed by atoms with Gasteiger partial charge in [-0.3, -0.25) is 4.79 Å². The number of anilines is 1. The Bertz CT molecular complexity index is 1240. The standard InChI is InChI=1S/C31H37ClN2O5/c32-25-11-9-23-21-39-28-14-10-24-19-27(28)33(16-7-4-8-22(23)18-25)15-5-2-1-3-6-17-34(26-12-13-26)29(35)20-31(24,38)30(36)37/h3,6,9-11,14,18-19,26,38H,1-2,4-5,7-8,12-13,15-17,20-21H2,(H,36,37)/b6-3+/t31-/m0/s1. The van der Waals surface area contributed by atoms with Crippen molar-refractivity contribution in [3.8, 4) is 5.75 Å². The van der Waals surface area contributed by atoms with Crippen LogP contribution in [0.5, 0.6) is 5.75 Å². The van der Waals surface area contributed by atoms with Crippen molar-refractivity contribution in [3.63, 3.8) is 0 Å². The van der Waals surface area contributed by atoms with E-state index in [1.54, 1.807) is 23.1 Å². The molecule has 0 saturated heterocycles. The Morgan fingerprint density at radius 1 is 1.00 bits per heavy atom. The highest BCUT2D eigenvalue weighted by Gasteiger charge is 2.44. The second kappa shape index (κ2) is 12.0. The lowest BCUT2D eigenvalue weighted by atomic mass is 9.89. The van der Waals surface area contributed by atoms with E-state index in [1.807, 2.05) is 24.3 Å². The number of carboxylic acids is 1. The molecule has 2 aliphatic heterocycles. The molecule has 7 nitrogen and oxygen atoms in total. The number of carbonyl (C=O) groups is 2. The summed E-state index contributed by atoms with van der Waals surface area (Å²) in [5, 5.41) is 22.4. The molecule has 0 radical (unpaired) electrons. The first-order valence-corrected chi connectivity index (χ1v) is 14.4. The molecule has 2 aromatic carbocycles. The monoisotopic (exact) mass is 552 g/mol. The number of hydrogen-bond donors (Lipinski definition) is 2. The molecule has 2 N–H and O–H groups in total. The highest BCUT2D eigenvalue weighted by molar-refractivity contribution is 6.30. The third kappa shape index (κ3) is 6.42. The minimum atomic E-state index is -2.34. The first kappa shape index (κ1) is 27.5. The van der Waals surface area contributed by atoms with E-state index in [2.05, 4.69) is 11.0 Å². The van der Waals surface area contributed by atoms with Gasteiger partial charge in [0.1, 0.15) is 12.4 Å². The lowest BCUT2D eigenvalue weighted by Gasteiger charge is -2.31. The maximum atomic E-state index is 13.3. The molecule has 0 unspecified atom stereocenters. The Hall–Kier alpha value is -3.03. The molecule has 2 bridgehead atoms. The molecule has 8 heteroatoms. The van der Waals surface area contributed by atoms with Crippen LogP contribution in [0.15, 0.2) is 48.6 Å². The Kier molecular flexibility index (Phi) is 8.48. The van der Waals surface area contributed by atoms with Gasteiger partial charge in [0.2, 0.25) is 5.91 Å². The number of carbonyl (C=O) groups excluding carboxylic acids is 1. The van der Waals surface area contributed by atoms with Gasteiger partial charge in [0, 0.05) is 30.7 Å². The molecular weight excluding hydrogens is 516 g/mol. The van der Waals surface area contributed by atoms with Crippen molar-refractivity contribution in [2.24, 2.45) is 0 Å². The van der Waals surface area contributed by atoms with Gasteiger partial charge >= 0.3 is 5.97 Å². The van der Waals surface area contributed by atoms with Crippen molar-refractivity contribution in [1.29, 1.82) is 0 Å². The normalized spacial score (nSPS) is 23.9. The SMILES string of the molecule is O=C1C[C@@](O)(C(=O)O)c2ccc3c(c2)N(CCCC/C=C/CN1C1CC1)CCCCc1cc(Cl)ccc1CO3. The fourth-order valence-corrected chi connectivity index (χ4v) is 5.77. The second-order valence-corrected chi connectivity index (χ2v) is 11.4. The van der Waals surface area contributed by atoms with Gasteiger partial charge < -0.3 is 24.7 Å². The summed E-state index contributed by atoms with van der Waals surface area (Å²) in [5.74, 6) is -1.15. The summed E-state index contributed by atoms with van der Waals surface area (Å²) in [4.78, 5) is 29.8. The van der Waals surface area contributed by atoms with Gasteiger partial charge in [0.25, 0.3) is 0 Å². The van der Waals surface area contributed by atoms with E-state index in [0.29, 0.717) is 23.9 Å². The van der Waals surface area contributed by atoms with Gasteiger partial charge in [-0.2, -0.15) is 0 Å². The molecule has 5 rings (SSSR count). The van der Waals surface area contributed by atoms with E-state index < -0.39 is 18.0 Å². The van der Waals surface area contributed by atoms with Crippen molar-refractivity contribution >= 4 is 29.2 Å². The third-order valence-corrected chi connectivity index (χ3v) is 8.27. The largest absolute Gasteiger partial charge is 0.487 e. The number of rotatable bonds is 2. The van der Waals surface area contributed by atoms with Crippen LogP contribution in [-0.2, 0) is 28.2 Å². The molecule has 1 aliphatic carbocycles. The smallest absolute Gasteiger partial charge is 0.340 e. The van der Waals surface area contributed by atoms with E-state index in [1.165, 1.54) is 5.56 Å². The number of aliphatic hydroxyl groups is 1. The van der Waals surface area contributed by atoms with Crippen molar-refractivity contribution in [3.05, 3.63) is 70.3 Å². The Morgan fingerprint density at radius 2 is 1.79 bits per heavy atom. The topological polar surface area (TPSA) is 90.3 Å². The van der Waals surface area contributed by atoms with Crippen LogP contribution in [0.2, 0.25) is 5.02 Å². The maximum Gasteiger partial charge on any atom is 0.340 e. The van der Waals surface area contributed by atoms with Crippen LogP contribution in [-0.4, -0.2) is 52.7 Å². The fraction of sp³-hybridized carbons (Fsp3) is 0.484. The quantitative estimate of drug-likeness (QED) is 0.481. The summed E-state index contributed by atoms with van der Waals surface area (Å²) in [6.07, 6.45) is 11.1. The van der Waals surface area contributed by atoms with Crippen molar-refractivity contribution < 1.29 is 24.5 Å². The Balaban J connectivity index is 1.54. The van der Waals surface area contributed by atoms with Gasteiger partial charge in [-0.05, 0) is 92.3 Å². The van der Waals surface area contributed by atoms with Crippen LogP contribution in [0.25, 0.3) is 0 Å². The highest BCUT2D eigenvalue weighted by Crippen LogP contribution is 2.38. The summed E-state index contributed by atoms with van der Waals surface area (Å²) >= 11 is 6.28. The number of nitrogens with zero attached hydrogens (tertiary/aromatic N) is 2. The van der Waals surface area contributed by atoms with E-state index in [4.69, 9.17) is 16.3 Å². The molecular formula is C31H37ClN2O5. The predicted octanol–water partition coefficient (Wildman–Crippen LogP) is 5.46. The van der Waals surface area contributed by atoms with Crippen molar-refractivity contribution in [2.45, 2.75) is 76.0 Å². The van der Waals surface area contributed by atoms with Crippen molar-refractivity contribution in [1.82, 2.24) is 4.90 Å². The summed E-state index contributed by atoms with van der Waals surface area (Å²) < 4.78 is 6.34. The van der Waals surface area contributed by atoms with Crippen molar-refractivity contribution in [2.75, 3.05) is 24.5 Å². The average molecular weight is 553 g/mol. The third-order valence-electron chi connectivity index (χ3n) is 8.04. The zero-order valence-electron chi connectivity index (χ0n) is 22.3. The molecule has 2 aromatic rings. The molecule has 2 heterocycles. The Labute approximate surface area is 235 Å². The molecule has 3 aliphatic rings. The number of fused-ring (bicyclic) bond motifs is 2. The lowest BCUT2D eigenvalue weighted by molar-refractivity contribution is -0.165. The van der Waals surface area contributed by atoms with Gasteiger partial charge in [0.05, 0.1) is 12.1 Å². The van der Waals surface area contributed by atoms with E-state index >= 15 is 0 Å². The number of allylic oxidation sites excluding steroid dienone is 1. The number of aryl methyl sites for hydroxylation is 1. The van der Waals surface area contributed by atoms with E-state index in [-0.39, 0.29) is 17.5 Å². The molecule has 1 saturated carbocycles. The molecule has 1 atom stereocenters. The highest BCUT2D eigenvalue weighted by atomic mass is 35.5. The molecule has 1 amide bonds. The van der Waals surface area contributed by atoms with Crippen LogP contribution in [0.1, 0.15) is 68.1 Å². The van der Waals surface area contributed by atoms with Crippen LogP contribution >= 0.6 is 11.6 Å². The molecule has 1 fully saturated rings. The zero-order chi connectivity index (χ0) is 27.4. The average Bonchev–Trinajstić information content (AvgIpc) is 3.75. The first-order chi connectivity index (χ1) is 18.8. The van der Waals surface area contributed by atoms with Gasteiger partial charge in [-0.25, -0.2) is 4.79 Å². The summed E-state index contributed by atoms with van der Waals surface area (Å²) in [6.45, 7) is 2.35. The molecule has 0 spiro atoms. The Morgan fingerprint density at radius 3 is 2.56 bits per heavy atom. The van der Waals surface area contributed by atoms with Gasteiger partial charge in [0.15, 0.2) is 5.60 Å². The van der Waals surface area contributed by atoms with Crippen LogP contribution in [0, 0.1) is 0 Å². The van der Waals surface area contributed by atoms with Crippen LogP contribution in [0.4, 0.5) is 5.69 Å². The summed E-state index contributed by atoms with van der Waals surface area (Å²) in [6, 6.07) is 11.0. The summed E-state index contributed by atoms with van der Waals surface area (Å²) in [7, 11) is 0. The number of aliphatic carboxylic acids is 1. The first-order valence-electron chi connectivity index (χ1n) is 14.0. The molecule has 208 valence electrons. The van der Waals surface area contributed by atoms with E-state index in [9.17, 15) is 19.8 Å². The predicted molar refractivity (Wildman–Crippen MR) is 151 cm³/mol.